The molecule has 1 heterocycles. The third-order valence-electron chi connectivity index (χ3n) is 4.96. The fourth-order valence-electron chi connectivity index (χ4n) is 3.28. The van der Waals surface area contributed by atoms with Gasteiger partial charge in [-0.3, -0.25) is 9.59 Å². The van der Waals surface area contributed by atoms with E-state index in [2.05, 4.69) is 0 Å². The number of carbonyl (C=O) groups is 2. The Bertz CT molecular complexity index is 1200. The molecule has 0 amide bonds. The fraction of sp³-hybridized carbons (Fsp3) is 0.120. The van der Waals surface area contributed by atoms with Crippen molar-refractivity contribution in [3.63, 3.8) is 0 Å². The van der Waals surface area contributed by atoms with Gasteiger partial charge in [-0.2, -0.15) is 0 Å². The molecule has 3 aromatic carbocycles. The van der Waals surface area contributed by atoms with E-state index < -0.39 is 5.97 Å². The van der Waals surface area contributed by atoms with Crippen molar-refractivity contribution in [2.45, 2.75) is 13.3 Å². The number of ether oxygens (including phenoxy) is 3. The minimum Gasteiger partial charge on any atom is -0.497 e. The number of rotatable bonds is 5. The molecule has 0 radical (unpaired) electrons. The Morgan fingerprint density at radius 2 is 1.81 bits per heavy atom. The van der Waals surface area contributed by atoms with Crippen LogP contribution >= 0.6 is 11.6 Å². The molecule has 0 fully saturated rings. The Hall–Kier alpha value is -3.57. The largest absolute Gasteiger partial charge is 0.497 e. The Labute approximate surface area is 184 Å². The van der Waals surface area contributed by atoms with Crippen LogP contribution in [-0.4, -0.2) is 18.9 Å². The van der Waals surface area contributed by atoms with Gasteiger partial charge in [0, 0.05) is 10.6 Å². The van der Waals surface area contributed by atoms with E-state index in [4.69, 9.17) is 25.8 Å². The van der Waals surface area contributed by atoms with Crippen molar-refractivity contribution in [3.8, 4) is 17.2 Å². The third-order valence-corrected chi connectivity index (χ3v) is 5.30. The molecule has 4 rings (SSSR count). The lowest BCUT2D eigenvalue weighted by Crippen LogP contribution is -2.12. The summed E-state index contributed by atoms with van der Waals surface area (Å²) in [5, 5.41) is 0.521. The third kappa shape index (κ3) is 4.32. The molecular formula is C25H19ClO5. The molecule has 1 aliphatic heterocycles. The van der Waals surface area contributed by atoms with Crippen molar-refractivity contribution in [1.82, 2.24) is 0 Å². The number of benzene rings is 3. The predicted octanol–water partition coefficient (Wildman–Crippen LogP) is 5.42. The minimum atomic E-state index is -0.413. The van der Waals surface area contributed by atoms with Gasteiger partial charge in [0.05, 0.1) is 19.1 Å². The van der Waals surface area contributed by atoms with Gasteiger partial charge in [-0.15, -0.1) is 0 Å². The molecule has 5 nitrogen and oxygen atoms in total. The van der Waals surface area contributed by atoms with Crippen molar-refractivity contribution < 1.29 is 23.8 Å². The van der Waals surface area contributed by atoms with Gasteiger partial charge in [0.25, 0.3) is 0 Å². The highest BCUT2D eigenvalue weighted by molar-refractivity contribution is 6.32. The summed E-state index contributed by atoms with van der Waals surface area (Å²) in [6.45, 7) is 1.75. The lowest BCUT2D eigenvalue weighted by atomic mass is 10.1. The second kappa shape index (κ2) is 8.66. The summed E-state index contributed by atoms with van der Waals surface area (Å²) in [5.41, 5.74) is 2.49. The van der Waals surface area contributed by atoms with Crippen LogP contribution < -0.4 is 14.2 Å². The number of hydrogen-bond donors (Lipinski definition) is 0. The van der Waals surface area contributed by atoms with E-state index in [0.717, 1.165) is 5.56 Å². The lowest BCUT2D eigenvalue weighted by molar-refractivity contribution is -0.133. The van der Waals surface area contributed by atoms with Gasteiger partial charge >= 0.3 is 5.97 Å². The molecular weight excluding hydrogens is 416 g/mol. The zero-order chi connectivity index (χ0) is 22.0. The number of hydrogen-bond acceptors (Lipinski definition) is 5. The van der Waals surface area contributed by atoms with Crippen molar-refractivity contribution in [2.24, 2.45) is 0 Å². The molecule has 0 spiro atoms. The van der Waals surface area contributed by atoms with Gasteiger partial charge in [-0.25, -0.2) is 0 Å². The molecule has 0 aromatic heterocycles. The molecule has 31 heavy (non-hydrogen) atoms. The van der Waals surface area contributed by atoms with E-state index in [9.17, 15) is 9.59 Å². The number of fused-ring (bicyclic) bond motifs is 1. The standard InChI is InChI=1S/C25H19ClO5/c1-15-21(30-23(27)13-16-7-9-18(29-2)10-8-16)12-11-19-24(28)22(31-25(15)19)14-17-5-3-4-6-20(17)26/h3-12,14H,13H2,1-2H3/b22-14-. The Balaban J connectivity index is 1.52. The Morgan fingerprint density at radius 3 is 2.52 bits per heavy atom. The lowest BCUT2D eigenvalue weighted by Gasteiger charge is -2.10. The van der Waals surface area contributed by atoms with E-state index >= 15 is 0 Å². The monoisotopic (exact) mass is 434 g/mol. The maximum Gasteiger partial charge on any atom is 0.315 e. The average Bonchev–Trinajstić information content (AvgIpc) is 3.08. The summed E-state index contributed by atoms with van der Waals surface area (Å²) >= 11 is 6.18. The van der Waals surface area contributed by atoms with Gasteiger partial charge in [0.2, 0.25) is 5.78 Å². The van der Waals surface area contributed by atoms with Crippen LogP contribution in [0.1, 0.15) is 27.0 Å². The molecule has 6 heteroatoms. The Morgan fingerprint density at radius 1 is 1.06 bits per heavy atom. The van der Waals surface area contributed by atoms with E-state index in [1.807, 2.05) is 24.3 Å². The molecule has 3 aromatic rings. The van der Waals surface area contributed by atoms with E-state index in [1.54, 1.807) is 56.5 Å². The summed E-state index contributed by atoms with van der Waals surface area (Å²) in [7, 11) is 1.59. The number of halogens is 1. The van der Waals surface area contributed by atoms with Gasteiger partial charge < -0.3 is 14.2 Å². The quantitative estimate of drug-likeness (QED) is 0.305. The van der Waals surface area contributed by atoms with Crippen LogP contribution in [0, 0.1) is 6.92 Å². The topological polar surface area (TPSA) is 61.8 Å². The first kappa shape index (κ1) is 20.7. The van der Waals surface area contributed by atoms with Crippen LogP contribution in [0.25, 0.3) is 6.08 Å². The normalized spacial score (nSPS) is 13.6. The molecule has 0 aliphatic carbocycles. The van der Waals surface area contributed by atoms with E-state index in [1.165, 1.54) is 0 Å². The molecule has 0 N–H and O–H groups in total. The van der Waals surface area contributed by atoms with Crippen LogP contribution in [0.15, 0.2) is 66.4 Å². The highest BCUT2D eigenvalue weighted by atomic mass is 35.5. The molecule has 0 atom stereocenters. The van der Waals surface area contributed by atoms with Crippen molar-refractivity contribution >= 4 is 29.4 Å². The van der Waals surface area contributed by atoms with Crippen LogP contribution in [0.4, 0.5) is 0 Å². The summed E-state index contributed by atoms with van der Waals surface area (Å²) in [6.07, 6.45) is 1.72. The molecule has 156 valence electrons. The first-order valence-electron chi connectivity index (χ1n) is 9.62. The molecule has 0 saturated carbocycles. The van der Waals surface area contributed by atoms with Crippen LogP contribution in [0.3, 0.4) is 0 Å². The van der Waals surface area contributed by atoms with Gasteiger partial charge in [-0.1, -0.05) is 41.9 Å². The SMILES string of the molecule is COc1ccc(CC(=O)Oc2ccc3c(c2C)O/C(=C\c2ccccc2Cl)C3=O)cc1. The molecule has 0 bridgehead atoms. The number of esters is 1. The first-order valence-corrected chi connectivity index (χ1v) is 10.00. The number of allylic oxidation sites excluding steroid dienone is 1. The zero-order valence-corrected chi connectivity index (χ0v) is 17.7. The molecule has 1 aliphatic rings. The summed E-state index contributed by atoms with van der Waals surface area (Å²) in [5.74, 6) is 0.975. The van der Waals surface area contributed by atoms with E-state index in [-0.39, 0.29) is 18.0 Å². The predicted molar refractivity (Wildman–Crippen MR) is 118 cm³/mol. The number of ketones is 1. The Kier molecular flexibility index (Phi) is 5.78. The van der Waals surface area contributed by atoms with E-state index in [0.29, 0.717) is 39.0 Å². The first-order chi connectivity index (χ1) is 15.0. The van der Waals surface area contributed by atoms with Gasteiger partial charge in [-0.05, 0) is 54.5 Å². The molecule has 0 saturated heterocycles. The smallest absolute Gasteiger partial charge is 0.315 e. The average molecular weight is 435 g/mol. The van der Waals surface area contributed by atoms with Crippen molar-refractivity contribution in [2.75, 3.05) is 7.11 Å². The minimum absolute atomic E-state index is 0.109. The van der Waals surface area contributed by atoms with Crippen molar-refractivity contribution in [1.29, 1.82) is 0 Å². The maximum absolute atomic E-state index is 12.7. The zero-order valence-electron chi connectivity index (χ0n) is 17.0. The summed E-state index contributed by atoms with van der Waals surface area (Å²) in [4.78, 5) is 25.1. The van der Waals surface area contributed by atoms with Crippen molar-refractivity contribution in [3.05, 3.63) is 93.7 Å². The van der Waals surface area contributed by atoms with Gasteiger partial charge in [0.1, 0.15) is 17.2 Å². The van der Waals surface area contributed by atoms with Crippen LogP contribution in [0.5, 0.6) is 17.2 Å². The number of Topliss-reactive ketones (excluding diaryl/α,β-unsaturated/α-hetero) is 1. The molecule has 0 unspecified atom stereocenters. The maximum atomic E-state index is 12.7. The second-order valence-corrected chi connectivity index (χ2v) is 7.43. The van der Waals surface area contributed by atoms with Gasteiger partial charge in [0.15, 0.2) is 5.76 Å². The number of carbonyl (C=O) groups excluding carboxylic acids is 2. The number of methoxy groups -OCH3 is 1. The summed E-state index contributed by atoms with van der Waals surface area (Å²) < 4.78 is 16.5. The highest BCUT2D eigenvalue weighted by Crippen LogP contribution is 2.39. The fourth-order valence-corrected chi connectivity index (χ4v) is 3.47. The second-order valence-electron chi connectivity index (χ2n) is 7.03. The summed E-state index contributed by atoms with van der Waals surface area (Å²) in [6, 6.07) is 17.6. The highest BCUT2D eigenvalue weighted by Gasteiger charge is 2.30. The van der Waals surface area contributed by atoms with Crippen LogP contribution in [-0.2, 0) is 11.2 Å². The van der Waals surface area contributed by atoms with Crippen LogP contribution in [0.2, 0.25) is 5.02 Å².